The molecule has 0 unspecified atom stereocenters. The molecule has 0 aliphatic carbocycles. The van der Waals surface area contributed by atoms with Gasteiger partial charge in [-0.3, -0.25) is 4.40 Å². The Labute approximate surface area is 122 Å². The van der Waals surface area contributed by atoms with Gasteiger partial charge < -0.3 is 15.2 Å². The average Bonchev–Trinajstić information content (AvgIpc) is 2.92. The van der Waals surface area contributed by atoms with Crippen molar-refractivity contribution in [2.75, 3.05) is 7.11 Å². The lowest BCUT2D eigenvalue weighted by Gasteiger charge is -2.07. The summed E-state index contributed by atoms with van der Waals surface area (Å²) in [4.78, 5) is 0. The molecule has 0 fully saturated rings. The number of nitrogens with zero attached hydrogens (tertiary/aromatic N) is 3. The Bertz CT molecular complexity index is 754. The lowest BCUT2D eigenvalue weighted by atomic mass is 10.2. The van der Waals surface area contributed by atoms with E-state index in [0.717, 1.165) is 17.0 Å². The summed E-state index contributed by atoms with van der Waals surface area (Å²) in [6, 6.07) is 11.1. The van der Waals surface area contributed by atoms with Crippen LogP contribution in [0.4, 0.5) is 0 Å². The maximum atomic E-state index is 9.56. The van der Waals surface area contributed by atoms with Gasteiger partial charge in [-0.2, -0.15) is 0 Å². The zero-order chi connectivity index (χ0) is 14.7. The first-order chi connectivity index (χ1) is 10.3. The molecule has 1 aromatic carbocycles. The summed E-state index contributed by atoms with van der Waals surface area (Å²) in [5.74, 6) is 1.48. The smallest absolute Gasteiger partial charge is 0.160 e. The van der Waals surface area contributed by atoms with Gasteiger partial charge in [-0.05, 0) is 29.8 Å². The molecule has 0 radical (unpaired) electrons. The molecule has 0 amide bonds. The van der Waals surface area contributed by atoms with Crippen LogP contribution in [0.25, 0.3) is 5.65 Å². The molecule has 0 atom stereocenters. The third-order valence-electron chi connectivity index (χ3n) is 3.24. The van der Waals surface area contributed by atoms with E-state index in [1.807, 2.05) is 40.9 Å². The highest BCUT2D eigenvalue weighted by Gasteiger charge is 2.05. The van der Waals surface area contributed by atoms with Crippen LogP contribution in [0.3, 0.4) is 0 Å². The summed E-state index contributed by atoms with van der Waals surface area (Å²) < 4.78 is 7.04. The fourth-order valence-electron chi connectivity index (χ4n) is 2.16. The molecule has 0 spiro atoms. The molecule has 0 bridgehead atoms. The molecule has 0 saturated heterocycles. The maximum absolute atomic E-state index is 9.56. The van der Waals surface area contributed by atoms with Crippen molar-refractivity contribution in [1.82, 2.24) is 19.9 Å². The van der Waals surface area contributed by atoms with Crippen molar-refractivity contribution in [3.8, 4) is 11.5 Å². The number of nitrogens with one attached hydrogen (secondary N) is 1. The molecule has 3 aromatic rings. The van der Waals surface area contributed by atoms with Gasteiger partial charge in [0, 0.05) is 12.7 Å². The van der Waals surface area contributed by atoms with Crippen molar-refractivity contribution in [1.29, 1.82) is 0 Å². The van der Waals surface area contributed by atoms with Crippen LogP contribution in [0.5, 0.6) is 11.5 Å². The van der Waals surface area contributed by atoms with E-state index in [4.69, 9.17) is 4.74 Å². The molecule has 0 saturated carbocycles. The van der Waals surface area contributed by atoms with Crippen LogP contribution < -0.4 is 10.1 Å². The van der Waals surface area contributed by atoms with Gasteiger partial charge in [-0.25, -0.2) is 0 Å². The summed E-state index contributed by atoms with van der Waals surface area (Å²) in [5, 5.41) is 21.1. The van der Waals surface area contributed by atoms with Gasteiger partial charge in [0.1, 0.15) is 0 Å². The predicted molar refractivity (Wildman–Crippen MR) is 78.2 cm³/mol. The number of phenolic OH excluding ortho intramolecular Hbond substituents is 1. The van der Waals surface area contributed by atoms with Crippen molar-refractivity contribution < 1.29 is 9.84 Å². The van der Waals surface area contributed by atoms with E-state index in [1.54, 1.807) is 6.07 Å². The van der Waals surface area contributed by atoms with E-state index in [0.29, 0.717) is 18.8 Å². The van der Waals surface area contributed by atoms with Crippen molar-refractivity contribution in [3.63, 3.8) is 0 Å². The van der Waals surface area contributed by atoms with Gasteiger partial charge >= 0.3 is 0 Å². The van der Waals surface area contributed by atoms with Crippen molar-refractivity contribution in [2.24, 2.45) is 0 Å². The fourth-order valence-corrected chi connectivity index (χ4v) is 2.16. The highest BCUT2D eigenvalue weighted by Crippen LogP contribution is 2.26. The first-order valence-electron chi connectivity index (χ1n) is 6.63. The molecular weight excluding hydrogens is 268 g/mol. The molecule has 0 aliphatic heterocycles. The van der Waals surface area contributed by atoms with E-state index in [1.165, 1.54) is 7.11 Å². The second-order valence-electron chi connectivity index (χ2n) is 4.65. The van der Waals surface area contributed by atoms with Crippen molar-refractivity contribution in [3.05, 3.63) is 54.0 Å². The van der Waals surface area contributed by atoms with Gasteiger partial charge in [-0.15, -0.1) is 10.2 Å². The maximum Gasteiger partial charge on any atom is 0.160 e. The van der Waals surface area contributed by atoms with Crippen LogP contribution in [0.2, 0.25) is 0 Å². The van der Waals surface area contributed by atoms with Gasteiger partial charge in [0.25, 0.3) is 0 Å². The number of aromatic hydroxyl groups is 1. The van der Waals surface area contributed by atoms with Crippen LogP contribution in [-0.4, -0.2) is 26.8 Å². The molecule has 108 valence electrons. The number of ether oxygens (including phenoxy) is 1. The first kappa shape index (κ1) is 13.4. The number of methoxy groups -OCH3 is 1. The van der Waals surface area contributed by atoms with Crippen LogP contribution in [0.1, 0.15) is 11.4 Å². The number of pyridine rings is 1. The third-order valence-corrected chi connectivity index (χ3v) is 3.24. The number of rotatable bonds is 5. The molecule has 2 N–H and O–H groups in total. The van der Waals surface area contributed by atoms with E-state index < -0.39 is 0 Å². The molecule has 6 nitrogen and oxygen atoms in total. The quantitative estimate of drug-likeness (QED) is 0.746. The predicted octanol–water partition coefficient (Wildman–Crippen LogP) is 1.73. The Morgan fingerprint density at radius 3 is 2.95 bits per heavy atom. The zero-order valence-corrected chi connectivity index (χ0v) is 11.7. The standard InChI is InChI=1S/C15H16N4O2/c1-21-13-8-11(5-6-12(13)20)9-16-10-15-18-17-14-4-2-3-7-19(14)15/h2-8,16,20H,9-10H2,1H3. The SMILES string of the molecule is COc1cc(CNCc2nnc3ccccn23)ccc1O. The van der Waals surface area contributed by atoms with Crippen molar-refractivity contribution in [2.45, 2.75) is 13.1 Å². The molecule has 2 heterocycles. The zero-order valence-electron chi connectivity index (χ0n) is 11.7. The highest BCUT2D eigenvalue weighted by molar-refractivity contribution is 5.41. The third kappa shape index (κ3) is 2.80. The minimum atomic E-state index is 0.143. The minimum absolute atomic E-state index is 0.143. The van der Waals surface area contributed by atoms with Crippen LogP contribution in [0, 0.1) is 0 Å². The lowest BCUT2D eigenvalue weighted by molar-refractivity contribution is 0.372. The molecule has 3 rings (SSSR count). The minimum Gasteiger partial charge on any atom is -0.504 e. The second kappa shape index (κ2) is 5.80. The Morgan fingerprint density at radius 1 is 1.19 bits per heavy atom. The van der Waals surface area contributed by atoms with Gasteiger partial charge in [0.05, 0.1) is 13.7 Å². The Morgan fingerprint density at radius 2 is 2.10 bits per heavy atom. The molecule has 0 aliphatic rings. The average molecular weight is 284 g/mol. The fraction of sp³-hybridized carbons (Fsp3) is 0.200. The van der Waals surface area contributed by atoms with Crippen LogP contribution >= 0.6 is 0 Å². The van der Waals surface area contributed by atoms with E-state index in [-0.39, 0.29) is 5.75 Å². The number of hydrogen-bond acceptors (Lipinski definition) is 5. The molecule has 6 heteroatoms. The van der Waals surface area contributed by atoms with E-state index >= 15 is 0 Å². The second-order valence-corrected chi connectivity index (χ2v) is 4.65. The Balaban J connectivity index is 1.66. The number of fused-ring (bicyclic) bond motifs is 1. The number of hydrogen-bond donors (Lipinski definition) is 2. The molecule has 2 aromatic heterocycles. The monoisotopic (exact) mass is 284 g/mol. The van der Waals surface area contributed by atoms with Crippen LogP contribution in [0.15, 0.2) is 42.6 Å². The summed E-state index contributed by atoms with van der Waals surface area (Å²) in [5.41, 5.74) is 1.86. The van der Waals surface area contributed by atoms with Crippen molar-refractivity contribution >= 4 is 5.65 Å². The molecular formula is C15H16N4O2. The van der Waals surface area contributed by atoms with E-state index in [9.17, 15) is 5.11 Å². The van der Waals surface area contributed by atoms with E-state index in [2.05, 4.69) is 15.5 Å². The Kier molecular flexibility index (Phi) is 3.70. The van der Waals surface area contributed by atoms with Gasteiger partial charge in [0.2, 0.25) is 0 Å². The summed E-state index contributed by atoms with van der Waals surface area (Å²) in [7, 11) is 1.54. The number of phenols is 1. The summed E-state index contributed by atoms with van der Waals surface area (Å²) in [6.07, 6.45) is 1.94. The summed E-state index contributed by atoms with van der Waals surface area (Å²) >= 11 is 0. The highest BCUT2D eigenvalue weighted by atomic mass is 16.5. The van der Waals surface area contributed by atoms with Gasteiger partial charge in [-0.1, -0.05) is 12.1 Å². The first-order valence-corrected chi connectivity index (χ1v) is 6.63. The lowest BCUT2D eigenvalue weighted by Crippen LogP contribution is -2.15. The molecule has 21 heavy (non-hydrogen) atoms. The normalized spacial score (nSPS) is 10.9. The Hall–Kier alpha value is -2.60. The topological polar surface area (TPSA) is 71.7 Å². The van der Waals surface area contributed by atoms with Gasteiger partial charge in [0.15, 0.2) is 23.0 Å². The van der Waals surface area contributed by atoms with Crippen LogP contribution in [-0.2, 0) is 13.1 Å². The largest absolute Gasteiger partial charge is 0.504 e. The number of benzene rings is 1. The number of aromatic nitrogens is 3. The summed E-state index contributed by atoms with van der Waals surface area (Å²) in [6.45, 7) is 1.26.